The summed E-state index contributed by atoms with van der Waals surface area (Å²) in [6.45, 7) is 8.10. The first-order chi connectivity index (χ1) is 17.7. The van der Waals surface area contributed by atoms with Crippen LogP contribution < -0.4 is 0 Å². The van der Waals surface area contributed by atoms with Crippen LogP contribution in [0, 0.1) is 6.92 Å². The Hall–Kier alpha value is -2.82. The molecule has 37 heavy (non-hydrogen) atoms. The molecule has 0 N–H and O–H groups in total. The predicted molar refractivity (Wildman–Crippen MR) is 136 cm³/mol. The SMILES string of the molecule is Cc1nccs1.O=CN1CCN(C2CN(Cc3ccc(C(F)c4ccc(C(F)(F)F)cc4)cc3)C2)CC1. The minimum Gasteiger partial charge on any atom is -0.343 e. The van der Waals surface area contributed by atoms with Crippen LogP contribution in [0.5, 0.6) is 0 Å². The summed E-state index contributed by atoms with van der Waals surface area (Å²) in [7, 11) is 0. The molecule has 3 aromatic rings. The van der Waals surface area contributed by atoms with Crippen LogP contribution >= 0.6 is 11.3 Å². The molecular weight excluding hydrogens is 504 g/mol. The smallest absolute Gasteiger partial charge is 0.343 e. The van der Waals surface area contributed by atoms with E-state index in [2.05, 4.69) is 14.8 Å². The Bertz CT molecular complexity index is 1110. The van der Waals surface area contributed by atoms with E-state index in [9.17, 15) is 22.4 Å². The fourth-order valence-corrected chi connectivity index (χ4v) is 4.93. The highest BCUT2D eigenvalue weighted by Crippen LogP contribution is 2.32. The molecule has 2 aliphatic rings. The van der Waals surface area contributed by atoms with Gasteiger partial charge in [0.25, 0.3) is 0 Å². The van der Waals surface area contributed by atoms with Gasteiger partial charge < -0.3 is 4.90 Å². The van der Waals surface area contributed by atoms with Gasteiger partial charge in [0.1, 0.15) is 0 Å². The average Bonchev–Trinajstić information content (AvgIpc) is 3.37. The van der Waals surface area contributed by atoms with Gasteiger partial charge in [0.2, 0.25) is 6.41 Å². The first-order valence-electron chi connectivity index (χ1n) is 12.1. The molecule has 2 aliphatic heterocycles. The van der Waals surface area contributed by atoms with Crippen molar-refractivity contribution in [1.82, 2.24) is 19.7 Å². The molecular formula is C27H30F4N4OS. The summed E-state index contributed by atoms with van der Waals surface area (Å²) in [6.07, 6.45) is -3.17. The first kappa shape index (κ1) is 27.2. The molecule has 198 valence electrons. The number of nitrogens with zero attached hydrogens (tertiary/aromatic N) is 4. The number of hydrogen-bond donors (Lipinski definition) is 0. The third-order valence-corrected chi connectivity index (χ3v) is 7.42. The number of carbonyl (C=O) groups is 1. The summed E-state index contributed by atoms with van der Waals surface area (Å²) in [5, 5.41) is 3.10. The first-order valence-corrected chi connectivity index (χ1v) is 13.0. The zero-order valence-electron chi connectivity index (χ0n) is 20.6. The van der Waals surface area contributed by atoms with Crippen LogP contribution in [-0.4, -0.2) is 71.4 Å². The van der Waals surface area contributed by atoms with Crippen LogP contribution in [0.15, 0.2) is 60.1 Å². The number of likely N-dealkylation sites (tertiary alicyclic amines) is 1. The molecule has 1 amide bonds. The molecule has 2 fully saturated rings. The molecule has 0 radical (unpaired) electrons. The van der Waals surface area contributed by atoms with Gasteiger partial charge in [-0.1, -0.05) is 36.4 Å². The lowest BCUT2D eigenvalue weighted by Gasteiger charge is -2.47. The van der Waals surface area contributed by atoms with E-state index in [1.54, 1.807) is 34.6 Å². The Morgan fingerprint density at radius 2 is 1.59 bits per heavy atom. The molecule has 0 saturated carbocycles. The summed E-state index contributed by atoms with van der Waals surface area (Å²) < 4.78 is 52.8. The highest BCUT2D eigenvalue weighted by atomic mass is 32.1. The summed E-state index contributed by atoms with van der Waals surface area (Å²) in [6, 6.07) is 11.9. The van der Waals surface area contributed by atoms with Crippen molar-refractivity contribution >= 4 is 17.7 Å². The van der Waals surface area contributed by atoms with Gasteiger partial charge in [0, 0.05) is 63.4 Å². The van der Waals surface area contributed by atoms with Crippen molar-refractivity contribution in [3.63, 3.8) is 0 Å². The third kappa shape index (κ3) is 7.37. The zero-order chi connectivity index (χ0) is 26.4. The van der Waals surface area contributed by atoms with Crippen molar-refractivity contribution in [3.05, 3.63) is 87.4 Å². The number of carbonyl (C=O) groups excluding carboxylic acids is 1. The number of aryl methyl sites for hydroxylation is 1. The highest BCUT2D eigenvalue weighted by molar-refractivity contribution is 7.09. The Kier molecular flexibility index (Phi) is 8.94. The lowest BCUT2D eigenvalue weighted by Crippen LogP contribution is -2.62. The fourth-order valence-electron chi connectivity index (χ4n) is 4.49. The molecule has 3 heterocycles. The van der Waals surface area contributed by atoms with Gasteiger partial charge in [-0.3, -0.25) is 19.6 Å². The molecule has 2 aromatic carbocycles. The number of aromatic nitrogens is 1. The second kappa shape index (κ2) is 12.1. The summed E-state index contributed by atoms with van der Waals surface area (Å²) >= 11 is 1.67. The number of alkyl halides is 4. The highest BCUT2D eigenvalue weighted by Gasteiger charge is 2.33. The lowest BCUT2D eigenvalue weighted by atomic mass is 9.99. The van der Waals surface area contributed by atoms with Gasteiger partial charge in [-0.05, 0) is 35.7 Å². The average molecular weight is 535 g/mol. The third-order valence-electron chi connectivity index (χ3n) is 6.72. The van der Waals surface area contributed by atoms with E-state index < -0.39 is 17.9 Å². The van der Waals surface area contributed by atoms with Crippen molar-refractivity contribution < 1.29 is 22.4 Å². The van der Waals surface area contributed by atoms with Gasteiger partial charge >= 0.3 is 6.18 Å². The summed E-state index contributed by atoms with van der Waals surface area (Å²) in [5.41, 5.74) is 0.934. The predicted octanol–water partition coefficient (Wildman–Crippen LogP) is 5.17. The van der Waals surface area contributed by atoms with Crippen molar-refractivity contribution in [2.75, 3.05) is 39.3 Å². The summed E-state index contributed by atoms with van der Waals surface area (Å²) in [4.78, 5) is 21.3. The second-order valence-corrected chi connectivity index (χ2v) is 10.4. The number of piperazine rings is 1. The van der Waals surface area contributed by atoms with Crippen LogP contribution in [-0.2, 0) is 17.5 Å². The number of hydrogen-bond acceptors (Lipinski definition) is 5. The normalized spacial score (nSPS) is 18.0. The van der Waals surface area contributed by atoms with Crippen LogP contribution in [0.3, 0.4) is 0 Å². The number of benzene rings is 2. The maximum absolute atomic E-state index is 14.8. The van der Waals surface area contributed by atoms with Crippen LogP contribution in [0.1, 0.15) is 33.4 Å². The maximum Gasteiger partial charge on any atom is 0.416 e. The number of halogens is 4. The number of amides is 1. The van der Waals surface area contributed by atoms with Crippen LogP contribution in [0.4, 0.5) is 17.6 Å². The van der Waals surface area contributed by atoms with Gasteiger partial charge in [-0.15, -0.1) is 11.3 Å². The molecule has 0 spiro atoms. The van der Waals surface area contributed by atoms with Crippen molar-refractivity contribution in [2.24, 2.45) is 0 Å². The largest absolute Gasteiger partial charge is 0.416 e. The van der Waals surface area contributed by atoms with Crippen molar-refractivity contribution in [1.29, 1.82) is 0 Å². The molecule has 0 bridgehead atoms. The van der Waals surface area contributed by atoms with Crippen molar-refractivity contribution in [2.45, 2.75) is 31.9 Å². The van der Waals surface area contributed by atoms with Gasteiger partial charge in [0.05, 0.1) is 10.6 Å². The minimum atomic E-state index is -4.42. The second-order valence-electron chi connectivity index (χ2n) is 9.30. The van der Waals surface area contributed by atoms with E-state index in [1.165, 1.54) is 12.1 Å². The molecule has 5 rings (SSSR count). The van der Waals surface area contributed by atoms with E-state index >= 15 is 0 Å². The van der Waals surface area contributed by atoms with Gasteiger partial charge in [-0.2, -0.15) is 13.2 Å². The van der Waals surface area contributed by atoms with Gasteiger partial charge in [0.15, 0.2) is 6.17 Å². The zero-order valence-corrected chi connectivity index (χ0v) is 21.4. The van der Waals surface area contributed by atoms with E-state index in [-0.39, 0.29) is 5.56 Å². The van der Waals surface area contributed by atoms with Crippen molar-refractivity contribution in [3.8, 4) is 0 Å². The molecule has 0 aliphatic carbocycles. The fraction of sp³-hybridized carbons (Fsp3) is 0.407. The minimum absolute atomic E-state index is 0.209. The number of thiazole rings is 1. The monoisotopic (exact) mass is 534 g/mol. The molecule has 1 aromatic heterocycles. The molecule has 2 saturated heterocycles. The summed E-state index contributed by atoms with van der Waals surface area (Å²) in [5.74, 6) is 0. The lowest BCUT2D eigenvalue weighted by molar-refractivity contribution is -0.137. The molecule has 5 nitrogen and oxygen atoms in total. The van der Waals surface area contributed by atoms with E-state index in [1.807, 2.05) is 24.4 Å². The van der Waals surface area contributed by atoms with E-state index in [4.69, 9.17) is 0 Å². The van der Waals surface area contributed by atoms with Crippen LogP contribution in [0.25, 0.3) is 0 Å². The number of rotatable bonds is 6. The van der Waals surface area contributed by atoms with E-state index in [0.29, 0.717) is 11.6 Å². The topological polar surface area (TPSA) is 39.7 Å². The quantitative estimate of drug-likeness (QED) is 0.323. The molecule has 10 heteroatoms. The van der Waals surface area contributed by atoms with E-state index in [0.717, 1.165) is 74.9 Å². The molecule has 1 unspecified atom stereocenters. The Morgan fingerprint density at radius 1 is 1.00 bits per heavy atom. The van der Waals surface area contributed by atoms with Crippen LogP contribution in [0.2, 0.25) is 0 Å². The Morgan fingerprint density at radius 3 is 2.05 bits per heavy atom. The Balaban J connectivity index is 0.000000469. The maximum atomic E-state index is 14.8. The van der Waals surface area contributed by atoms with Gasteiger partial charge in [-0.25, -0.2) is 4.39 Å². The Labute approximate surface area is 218 Å². The standard InChI is InChI=1S/C23H25F4N3O.C4H5NS/c24-22(19-5-7-20(8-6-19)23(25,26)27)18-3-1-17(2-4-18)13-29-14-21(15-29)30-11-9-28(16-31)10-12-30;1-4-5-2-3-6-4/h1-8,16,21-22H,9-15H2;2-3H,1H3. The molecule has 1 atom stereocenters.